The van der Waals surface area contributed by atoms with Crippen molar-refractivity contribution in [3.63, 3.8) is 0 Å². The van der Waals surface area contributed by atoms with Crippen LogP contribution in [0.2, 0.25) is 0 Å². The average Bonchev–Trinajstić information content (AvgIpc) is 1.94. The van der Waals surface area contributed by atoms with Gasteiger partial charge in [-0.05, 0) is 0 Å². The fraction of sp³-hybridized carbons (Fsp3) is 0. The zero-order valence-electron chi connectivity index (χ0n) is 13.4. The first kappa shape index (κ1) is 48.9. The van der Waals surface area contributed by atoms with Crippen LogP contribution in [0.25, 0.3) is 0 Å². The monoisotopic (exact) mass is 820 g/mol. The number of hydrogen-bond donors (Lipinski definition) is 12. The Morgan fingerprint density at radius 3 is 0.355 bits per heavy atom. The van der Waals surface area contributed by atoms with E-state index in [0.29, 0.717) is 0 Å². The van der Waals surface area contributed by atoms with Gasteiger partial charge in [0.15, 0.2) is 0 Å². The van der Waals surface area contributed by atoms with Crippen LogP contribution in [0.4, 0.5) is 0 Å². The van der Waals surface area contributed by atoms with Gasteiger partial charge in [-0.1, -0.05) is 0 Å². The van der Waals surface area contributed by atoms with Crippen molar-refractivity contribution in [1.82, 2.24) is 0 Å². The predicted octanol–water partition coefficient (Wildman–Crippen LogP) is -5.96. The summed E-state index contributed by atoms with van der Waals surface area (Å²) in [5, 5.41) is 0. The Morgan fingerprint density at radius 1 is 0.355 bits per heavy atom. The fourth-order valence-corrected chi connectivity index (χ4v) is 0. The second-order valence-electron chi connectivity index (χ2n) is 2.69. The van der Waals surface area contributed by atoms with Crippen molar-refractivity contribution >= 4 is 41.1 Å². The maximum absolute atomic E-state index is 8.85. The minimum absolute atomic E-state index is 0. The molecule has 0 spiro atoms. The van der Waals surface area contributed by atoms with Crippen LogP contribution >= 0.6 is 9.90 Å². The molecule has 0 aliphatic heterocycles. The molecule has 1 unspecified atom stereocenters. The summed E-state index contributed by atoms with van der Waals surface area (Å²) >= 11 is -16.6. The van der Waals surface area contributed by atoms with Crippen LogP contribution < -0.4 is 0 Å². The van der Waals surface area contributed by atoms with Crippen LogP contribution in [-0.2, 0) is 102 Å². The summed E-state index contributed by atoms with van der Waals surface area (Å²) in [5.74, 6) is 0. The fourth-order valence-electron chi connectivity index (χ4n) is 0. The summed E-state index contributed by atoms with van der Waals surface area (Å²) in [5.41, 5.74) is 0. The molecule has 24 nitrogen and oxygen atoms in total. The Bertz CT molecular complexity index is 766. The second-order valence-corrected chi connectivity index (χ2v) is 12.0. The quantitative estimate of drug-likeness (QED) is 0.0615. The van der Waals surface area contributed by atoms with Crippen molar-refractivity contribution in [2.24, 2.45) is 0 Å². The average molecular weight is 814 g/mol. The first-order chi connectivity index (χ1) is 12.0. The standard InChI is InChI=1S/3Mo.3H2O4S.6H2O.6O.H3P/c;;;3*1-5(2,3)4;;;;;;;;;;;;;/h;;;3*(H2,1,2,3,4);6*1H2;;;;;;;1H3/q3*+2;;;;;;;;;;;;;;;;/p-6. The first-order valence-electron chi connectivity index (χ1n) is 4.19. The van der Waals surface area contributed by atoms with E-state index in [9.17, 15) is 0 Å². The van der Waals surface area contributed by atoms with E-state index in [-0.39, 0.29) is 9.90 Å². The Hall–Kier alpha value is 0.665. The van der Waals surface area contributed by atoms with Crippen LogP contribution in [0.15, 0.2) is 0 Å². The van der Waals surface area contributed by atoms with Crippen LogP contribution in [0.3, 0.4) is 0 Å². The molecule has 200 valence electrons. The van der Waals surface area contributed by atoms with Crippen LogP contribution in [0.1, 0.15) is 0 Å². The van der Waals surface area contributed by atoms with Crippen molar-refractivity contribution < 1.29 is 146 Å². The van der Waals surface area contributed by atoms with Crippen molar-refractivity contribution in [2.45, 2.75) is 0 Å². The van der Waals surface area contributed by atoms with Gasteiger partial charge in [0.1, 0.15) is 0 Å². The summed E-state index contributed by atoms with van der Waals surface area (Å²) in [6, 6.07) is 0. The van der Waals surface area contributed by atoms with E-state index >= 15 is 0 Å². The van der Waals surface area contributed by atoms with Gasteiger partial charge in [0.05, 0.1) is 0 Å². The Morgan fingerprint density at radius 2 is 0.355 bits per heavy atom. The molecule has 0 bridgehead atoms. The summed E-state index contributed by atoms with van der Waals surface area (Å²) < 4.78 is 191. The van der Waals surface area contributed by atoms with Gasteiger partial charge in [0.25, 0.3) is 0 Å². The molecule has 0 heterocycles. The molecule has 0 aromatic heterocycles. The molecule has 0 amide bonds. The molecule has 1 atom stereocenters. The van der Waals surface area contributed by atoms with Gasteiger partial charge in [-0.2, -0.15) is 35.2 Å². The van der Waals surface area contributed by atoms with Gasteiger partial charge in [-0.3, -0.25) is 27.3 Å². The van der Waals surface area contributed by atoms with Gasteiger partial charge in [-0.15, -0.1) is 0 Å². The zero-order chi connectivity index (χ0) is 27.0. The molecule has 0 radical (unpaired) electrons. The first-order valence-corrected chi connectivity index (χ1v) is 18.7. The number of hydrogen-bond acceptors (Lipinski definition) is 12. The van der Waals surface area contributed by atoms with Gasteiger partial charge in [0, 0.05) is 0 Å². The molecule has 0 rings (SSSR count). The SMILES string of the molecule is O=S(=O)(O)O.O=S(=O)(O)O.O=S(=O)(O)O.P.[O]=[Mo](=[O])([OH])[OH].[O]=[Mo](=[O])([OH])[OH].[O]=[Mo](=[O])([OH])[OH]. The van der Waals surface area contributed by atoms with E-state index in [2.05, 4.69) is 0 Å². The minimum atomic E-state index is -5.52. The van der Waals surface area contributed by atoms with Crippen molar-refractivity contribution in [2.75, 3.05) is 0 Å². The summed E-state index contributed by atoms with van der Waals surface area (Å²) in [6.45, 7) is 0. The molecule has 0 aromatic carbocycles. The van der Waals surface area contributed by atoms with Crippen LogP contribution in [0, 0.1) is 0 Å². The summed E-state index contributed by atoms with van der Waals surface area (Å²) in [6.07, 6.45) is 0. The molecule has 0 saturated carbocycles. The van der Waals surface area contributed by atoms with E-state index in [0.717, 1.165) is 0 Å². The van der Waals surface area contributed by atoms with E-state index in [1.54, 1.807) is 0 Å². The van der Waals surface area contributed by atoms with Crippen LogP contribution in [0.5, 0.6) is 0 Å². The summed E-state index contributed by atoms with van der Waals surface area (Å²) in [7, 11) is -14.0. The van der Waals surface area contributed by atoms with Gasteiger partial charge < -0.3 is 0 Å². The molecular formula is H15Mo3O24PS3. The summed E-state index contributed by atoms with van der Waals surface area (Å²) in [4.78, 5) is 0. The van der Waals surface area contributed by atoms with Gasteiger partial charge in [0.2, 0.25) is 0 Å². The topological polar surface area (TPSA) is 448 Å². The normalized spacial score (nSPS) is 11.2. The Balaban J connectivity index is -0.0000000443. The molecule has 31 heavy (non-hydrogen) atoms. The third-order valence-corrected chi connectivity index (χ3v) is 0. The van der Waals surface area contributed by atoms with Crippen molar-refractivity contribution in [1.29, 1.82) is 0 Å². The predicted molar refractivity (Wildman–Crippen MR) is 71.1 cm³/mol. The van der Waals surface area contributed by atoms with E-state index in [4.69, 9.17) is 95.5 Å². The van der Waals surface area contributed by atoms with Gasteiger partial charge in [-0.25, -0.2) is 0 Å². The van der Waals surface area contributed by atoms with E-state index in [1.807, 2.05) is 0 Å². The molecule has 0 aliphatic rings. The molecule has 0 aromatic rings. The maximum atomic E-state index is 8.85. The Kier molecular flexibility index (Phi) is 31.7. The molecule has 0 saturated heterocycles. The molecule has 31 heteroatoms. The molecule has 12 N–H and O–H groups in total. The van der Waals surface area contributed by atoms with Crippen LogP contribution in [-0.4, -0.2) is 75.1 Å². The number of rotatable bonds is 0. The van der Waals surface area contributed by atoms with E-state index in [1.165, 1.54) is 0 Å². The zero-order valence-corrected chi connectivity index (χ0v) is 23.3. The molecule has 0 aliphatic carbocycles. The molecular weight excluding hydrogens is 799 g/mol. The molecule has 0 fully saturated rings. The van der Waals surface area contributed by atoms with Crippen molar-refractivity contribution in [3.05, 3.63) is 0 Å². The second kappa shape index (κ2) is 20.1. The van der Waals surface area contributed by atoms with Crippen molar-refractivity contribution in [3.8, 4) is 0 Å². The third-order valence-electron chi connectivity index (χ3n) is 0. The van der Waals surface area contributed by atoms with Gasteiger partial charge >= 0.3 is 124 Å². The third kappa shape index (κ3) is 57000. The van der Waals surface area contributed by atoms with E-state index < -0.39 is 81.4 Å². The Labute approximate surface area is 185 Å².